The summed E-state index contributed by atoms with van der Waals surface area (Å²) in [5.74, 6) is 0.517. The Balaban J connectivity index is 2.48. The molecular formula is C10H10ClIN4O. The van der Waals surface area contributed by atoms with Gasteiger partial charge in [-0.1, -0.05) is 11.6 Å². The van der Waals surface area contributed by atoms with Crippen LogP contribution < -0.4 is 0 Å². The van der Waals surface area contributed by atoms with E-state index in [-0.39, 0.29) is 0 Å². The molecule has 2 heterocycles. The van der Waals surface area contributed by atoms with Gasteiger partial charge in [-0.2, -0.15) is 5.10 Å². The van der Waals surface area contributed by atoms with Crippen molar-refractivity contribution < 1.29 is 4.74 Å². The van der Waals surface area contributed by atoms with E-state index in [2.05, 4.69) is 37.7 Å². The van der Waals surface area contributed by atoms with Crippen LogP contribution in [0.25, 0.3) is 11.5 Å². The molecule has 7 heteroatoms. The minimum absolute atomic E-state index is 0.403. The molecule has 2 aromatic heterocycles. The van der Waals surface area contributed by atoms with Gasteiger partial charge in [0.25, 0.3) is 0 Å². The van der Waals surface area contributed by atoms with E-state index in [4.69, 9.17) is 16.3 Å². The molecule has 17 heavy (non-hydrogen) atoms. The van der Waals surface area contributed by atoms with E-state index < -0.39 is 0 Å². The molecule has 0 spiro atoms. The first-order chi connectivity index (χ1) is 8.11. The van der Waals surface area contributed by atoms with Crippen molar-refractivity contribution in [2.45, 2.75) is 6.61 Å². The Morgan fingerprint density at radius 2 is 2.24 bits per heavy atom. The number of aryl methyl sites for hydroxylation is 1. The third-order valence-corrected chi connectivity index (χ3v) is 3.83. The molecule has 0 aliphatic carbocycles. The highest BCUT2D eigenvalue weighted by Gasteiger charge is 2.13. The normalized spacial score (nSPS) is 10.8. The van der Waals surface area contributed by atoms with Gasteiger partial charge in [-0.05, 0) is 28.7 Å². The van der Waals surface area contributed by atoms with Crippen LogP contribution >= 0.6 is 34.2 Å². The van der Waals surface area contributed by atoms with Crippen LogP contribution in [-0.2, 0) is 18.4 Å². The summed E-state index contributed by atoms with van der Waals surface area (Å²) >= 11 is 8.17. The zero-order chi connectivity index (χ0) is 12.4. The standard InChI is InChI=1S/C10H10ClIN4O/c1-16-4-3-6(15-16)10-13-7(5-17-2)8(12)9(11)14-10/h3-4H,5H2,1-2H3. The van der Waals surface area contributed by atoms with Crippen LogP contribution in [0.2, 0.25) is 5.15 Å². The van der Waals surface area contributed by atoms with Crippen LogP contribution in [0.1, 0.15) is 5.69 Å². The number of aromatic nitrogens is 4. The number of methoxy groups -OCH3 is 1. The second kappa shape index (κ2) is 5.28. The van der Waals surface area contributed by atoms with Gasteiger partial charge >= 0.3 is 0 Å². The van der Waals surface area contributed by atoms with Crippen molar-refractivity contribution in [2.24, 2.45) is 7.05 Å². The minimum Gasteiger partial charge on any atom is -0.378 e. The minimum atomic E-state index is 0.403. The van der Waals surface area contributed by atoms with E-state index in [1.165, 1.54) is 0 Å². The molecule has 0 saturated heterocycles. The number of halogens is 2. The van der Waals surface area contributed by atoms with Crippen LogP contribution in [0.5, 0.6) is 0 Å². The first-order valence-electron chi connectivity index (χ1n) is 4.82. The largest absolute Gasteiger partial charge is 0.378 e. The Morgan fingerprint density at radius 1 is 1.47 bits per heavy atom. The lowest BCUT2D eigenvalue weighted by Crippen LogP contribution is -2.02. The number of ether oxygens (including phenoxy) is 1. The highest BCUT2D eigenvalue weighted by Crippen LogP contribution is 2.23. The summed E-state index contributed by atoms with van der Waals surface area (Å²) in [5, 5.41) is 4.67. The number of hydrogen-bond donors (Lipinski definition) is 0. The van der Waals surface area contributed by atoms with E-state index in [9.17, 15) is 0 Å². The van der Waals surface area contributed by atoms with Crippen LogP contribution in [0, 0.1) is 3.57 Å². The monoisotopic (exact) mass is 364 g/mol. The molecule has 0 fully saturated rings. The Hall–Kier alpha value is -0.730. The summed E-state index contributed by atoms with van der Waals surface area (Å²) < 4.78 is 7.59. The van der Waals surface area contributed by atoms with E-state index in [0.29, 0.717) is 23.3 Å². The quantitative estimate of drug-likeness (QED) is 0.619. The maximum Gasteiger partial charge on any atom is 0.181 e. The molecular weight excluding hydrogens is 354 g/mol. The second-order valence-electron chi connectivity index (χ2n) is 3.41. The van der Waals surface area contributed by atoms with E-state index in [0.717, 1.165) is 9.26 Å². The predicted octanol–water partition coefficient (Wildman–Crippen LogP) is 2.28. The maximum absolute atomic E-state index is 6.06. The molecule has 0 N–H and O–H groups in total. The van der Waals surface area contributed by atoms with Crippen molar-refractivity contribution in [3.63, 3.8) is 0 Å². The molecule has 0 saturated carbocycles. The highest BCUT2D eigenvalue weighted by atomic mass is 127. The molecule has 0 aliphatic rings. The molecule has 2 aromatic rings. The molecule has 0 radical (unpaired) electrons. The van der Waals surface area contributed by atoms with Crippen LogP contribution in [0.4, 0.5) is 0 Å². The molecule has 0 aliphatic heterocycles. The smallest absolute Gasteiger partial charge is 0.181 e. The van der Waals surface area contributed by atoms with Gasteiger partial charge in [0.05, 0.1) is 15.9 Å². The molecule has 0 atom stereocenters. The summed E-state index contributed by atoms with van der Waals surface area (Å²) in [6, 6.07) is 1.84. The number of nitrogens with zero attached hydrogens (tertiary/aromatic N) is 4. The second-order valence-corrected chi connectivity index (χ2v) is 4.84. The maximum atomic E-state index is 6.06. The SMILES string of the molecule is COCc1nc(-c2ccn(C)n2)nc(Cl)c1I. The predicted molar refractivity (Wildman–Crippen MR) is 72.7 cm³/mol. The molecule has 0 amide bonds. The first kappa shape index (κ1) is 12.7. The van der Waals surface area contributed by atoms with Gasteiger partial charge in [0.1, 0.15) is 10.8 Å². The van der Waals surface area contributed by atoms with Crippen molar-refractivity contribution in [3.8, 4) is 11.5 Å². The summed E-state index contributed by atoms with van der Waals surface area (Å²) in [7, 11) is 3.46. The Labute approximate surface area is 117 Å². The molecule has 5 nitrogen and oxygen atoms in total. The van der Waals surface area contributed by atoms with Crippen LogP contribution in [0.3, 0.4) is 0 Å². The van der Waals surface area contributed by atoms with Crippen LogP contribution in [-0.4, -0.2) is 26.9 Å². The van der Waals surface area contributed by atoms with Gasteiger partial charge in [-0.3, -0.25) is 4.68 Å². The van der Waals surface area contributed by atoms with Crippen molar-refractivity contribution in [1.82, 2.24) is 19.7 Å². The Bertz CT molecular complexity index is 543. The van der Waals surface area contributed by atoms with E-state index in [1.807, 2.05) is 19.3 Å². The van der Waals surface area contributed by atoms with Crippen molar-refractivity contribution >= 4 is 34.2 Å². The fourth-order valence-corrected chi connectivity index (χ4v) is 1.93. The topological polar surface area (TPSA) is 52.8 Å². The van der Waals surface area contributed by atoms with Gasteiger partial charge in [0.15, 0.2) is 5.82 Å². The summed E-state index contributed by atoms with van der Waals surface area (Å²) in [6.07, 6.45) is 1.83. The number of hydrogen-bond acceptors (Lipinski definition) is 4. The average molecular weight is 365 g/mol. The van der Waals surface area contributed by atoms with Crippen molar-refractivity contribution in [2.75, 3.05) is 7.11 Å². The van der Waals surface area contributed by atoms with Gasteiger partial charge in [-0.15, -0.1) is 0 Å². The number of rotatable bonds is 3. The molecule has 0 unspecified atom stereocenters. The molecule has 0 aromatic carbocycles. The van der Waals surface area contributed by atoms with Gasteiger partial charge in [0, 0.05) is 20.4 Å². The van der Waals surface area contributed by atoms with Gasteiger partial charge in [0.2, 0.25) is 0 Å². The lowest BCUT2D eigenvalue weighted by Gasteiger charge is -2.05. The summed E-state index contributed by atoms with van der Waals surface area (Å²) in [6.45, 7) is 0.403. The van der Waals surface area contributed by atoms with E-state index >= 15 is 0 Å². The Morgan fingerprint density at radius 3 is 2.82 bits per heavy atom. The molecule has 2 rings (SSSR count). The van der Waals surface area contributed by atoms with Gasteiger partial charge in [-0.25, -0.2) is 9.97 Å². The highest BCUT2D eigenvalue weighted by molar-refractivity contribution is 14.1. The average Bonchev–Trinajstić information content (AvgIpc) is 2.71. The van der Waals surface area contributed by atoms with Crippen molar-refractivity contribution in [1.29, 1.82) is 0 Å². The lowest BCUT2D eigenvalue weighted by atomic mass is 10.3. The van der Waals surface area contributed by atoms with Gasteiger partial charge < -0.3 is 4.74 Å². The zero-order valence-corrected chi connectivity index (χ0v) is 12.2. The lowest BCUT2D eigenvalue weighted by molar-refractivity contribution is 0.181. The summed E-state index contributed by atoms with van der Waals surface area (Å²) in [5.41, 5.74) is 1.47. The fourth-order valence-electron chi connectivity index (χ4n) is 1.34. The summed E-state index contributed by atoms with van der Waals surface area (Å²) in [4.78, 5) is 8.62. The zero-order valence-electron chi connectivity index (χ0n) is 9.31. The molecule has 0 bridgehead atoms. The van der Waals surface area contributed by atoms with E-state index in [1.54, 1.807) is 11.8 Å². The Kier molecular flexibility index (Phi) is 3.95. The third kappa shape index (κ3) is 2.75. The van der Waals surface area contributed by atoms with Crippen molar-refractivity contribution in [3.05, 3.63) is 26.7 Å². The molecule has 90 valence electrons. The van der Waals surface area contributed by atoms with Crippen LogP contribution in [0.15, 0.2) is 12.3 Å². The fraction of sp³-hybridized carbons (Fsp3) is 0.300. The first-order valence-corrected chi connectivity index (χ1v) is 6.28. The third-order valence-electron chi connectivity index (χ3n) is 2.10.